The predicted molar refractivity (Wildman–Crippen MR) is 72.5 cm³/mol. The summed E-state index contributed by atoms with van der Waals surface area (Å²) >= 11 is 5.87. The fourth-order valence-electron chi connectivity index (χ4n) is 2.21. The molecule has 0 radical (unpaired) electrons. The van der Waals surface area contributed by atoms with Crippen LogP contribution < -0.4 is 5.32 Å². The Morgan fingerprint density at radius 2 is 1.78 bits per heavy atom. The third kappa shape index (κ3) is 2.37. The maximum Gasteiger partial charge on any atom is 0.145 e. The highest BCUT2D eigenvalue weighted by atomic mass is 35.5. The van der Waals surface area contributed by atoms with E-state index in [1.165, 1.54) is 6.42 Å². The van der Waals surface area contributed by atoms with Crippen molar-refractivity contribution in [2.24, 2.45) is 0 Å². The van der Waals surface area contributed by atoms with Crippen LogP contribution in [0.5, 0.6) is 0 Å². The van der Waals surface area contributed by atoms with Crippen molar-refractivity contribution in [3.63, 3.8) is 0 Å². The average Bonchev–Trinajstić information content (AvgIpc) is 2.94. The van der Waals surface area contributed by atoms with Gasteiger partial charge in [0.2, 0.25) is 0 Å². The zero-order valence-corrected chi connectivity index (χ0v) is 10.7. The minimum Gasteiger partial charge on any atom is -0.307 e. The van der Waals surface area contributed by atoms with Crippen molar-refractivity contribution in [3.05, 3.63) is 47.5 Å². The fourth-order valence-corrected chi connectivity index (χ4v) is 2.34. The zero-order valence-electron chi connectivity index (χ0n) is 9.94. The SMILES string of the molecule is Clc1ccc(-c2cnc(C3CCCN3)nc2)cc1. The largest absolute Gasteiger partial charge is 0.307 e. The Balaban J connectivity index is 1.84. The van der Waals surface area contributed by atoms with Crippen LogP contribution in [0, 0.1) is 0 Å². The summed E-state index contributed by atoms with van der Waals surface area (Å²) < 4.78 is 0. The molecule has 0 saturated carbocycles. The van der Waals surface area contributed by atoms with E-state index in [-0.39, 0.29) is 0 Å². The summed E-state index contributed by atoms with van der Waals surface area (Å²) in [4.78, 5) is 8.91. The highest BCUT2D eigenvalue weighted by molar-refractivity contribution is 6.30. The van der Waals surface area contributed by atoms with Gasteiger partial charge in [0.1, 0.15) is 5.82 Å². The van der Waals surface area contributed by atoms with E-state index in [1.54, 1.807) is 0 Å². The number of benzene rings is 1. The Bertz CT molecular complexity index is 516. The molecule has 0 amide bonds. The molecule has 18 heavy (non-hydrogen) atoms. The maximum atomic E-state index is 5.87. The van der Waals surface area contributed by atoms with E-state index in [9.17, 15) is 0 Å². The number of nitrogens with zero attached hydrogens (tertiary/aromatic N) is 2. The monoisotopic (exact) mass is 259 g/mol. The third-order valence-electron chi connectivity index (χ3n) is 3.22. The molecule has 1 saturated heterocycles. The van der Waals surface area contributed by atoms with Crippen molar-refractivity contribution in [1.82, 2.24) is 15.3 Å². The lowest BCUT2D eigenvalue weighted by Gasteiger charge is -2.08. The first-order chi connectivity index (χ1) is 8.83. The van der Waals surface area contributed by atoms with Gasteiger partial charge in [-0.25, -0.2) is 9.97 Å². The average molecular weight is 260 g/mol. The van der Waals surface area contributed by atoms with Gasteiger partial charge in [0, 0.05) is 23.0 Å². The molecule has 1 unspecified atom stereocenters. The van der Waals surface area contributed by atoms with Crippen molar-refractivity contribution < 1.29 is 0 Å². The Kier molecular flexibility index (Phi) is 3.26. The summed E-state index contributed by atoms with van der Waals surface area (Å²) in [5, 5.41) is 4.14. The van der Waals surface area contributed by atoms with Gasteiger partial charge in [-0.2, -0.15) is 0 Å². The molecule has 0 spiro atoms. The highest BCUT2D eigenvalue weighted by Crippen LogP contribution is 2.23. The molecule has 3 rings (SSSR count). The van der Waals surface area contributed by atoms with Crippen molar-refractivity contribution in [2.75, 3.05) is 6.54 Å². The van der Waals surface area contributed by atoms with Crippen LogP contribution in [-0.4, -0.2) is 16.5 Å². The van der Waals surface area contributed by atoms with Crippen LogP contribution >= 0.6 is 11.6 Å². The quantitative estimate of drug-likeness (QED) is 0.900. The first kappa shape index (κ1) is 11.6. The molecule has 1 atom stereocenters. The standard InChI is InChI=1S/C14H14ClN3/c15-12-5-3-10(4-6-12)11-8-17-14(18-9-11)13-2-1-7-16-13/h3-6,8-9,13,16H,1-2,7H2. The first-order valence-electron chi connectivity index (χ1n) is 6.14. The van der Waals surface area contributed by atoms with E-state index in [4.69, 9.17) is 11.6 Å². The molecule has 0 bridgehead atoms. The number of hydrogen-bond acceptors (Lipinski definition) is 3. The van der Waals surface area contributed by atoms with Gasteiger partial charge in [0.05, 0.1) is 6.04 Å². The smallest absolute Gasteiger partial charge is 0.145 e. The van der Waals surface area contributed by atoms with E-state index in [0.717, 1.165) is 34.9 Å². The molecular weight excluding hydrogens is 246 g/mol. The van der Waals surface area contributed by atoms with Crippen LogP contribution in [0.4, 0.5) is 0 Å². The van der Waals surface area contributed by atoms with Gasteiger partial charge in [0.15, 0.2) is 0 Å². The fraction of sp³-hybridized carbons (Fsp3) is 0.286. The van der Waals surface area contributed by atoms with Crippen LogP contribution in [0.3, 0.4) is 0 Å². The van der Waals surface area contributed by atoms with E-state index < -0.39 is 0 Å². The molecular formula is C14H14ClN3. The molecule has 0 aliphatic carbocycles. The Hall–Kier alpha value is -1.45. The van der Waals surface area contributed by atoms with E-state index in [1.807, 2.05) is 36.7 Å². The van der Waals surface area contributed by atoms with Crippen LogP contribution in [0.2, 0.25) is 5.02 Å². The third-order valence-corrected chi connectivity index (χ3v) is 3.47. The lowest BCUT2D eigenvalue weighted by Crippen LogP contribution is -2.15. The van der Waals surface area contributed by atoms with E-state index >= 15 is 0 Å². The molecule has 1 fully saturated rings. The van der Waals surface area contributed by atoms with Gasteiger partial charge in [-0.3, -0.25) is 0 Å². The predicted octanol–water partition coefficient (Wildman–Crippen LogP) is 3.22. The molecule has 1 aromatic heterocycles. The molecule has 3 nitrogen and oxygen atoms in total. The molecule has 2 aromatic rings. The van der Waals surface area contributed by atoms with Crippen molar-refractivity contribution in [3.8, 4) is 11.1 Å². The number of halogens is 1. The van der Waals surface area contributed by atoms with Crippen molar-refractivity contribution in [2.45, 2.75) is 18.9 Å². The number of nitrogens with one attached hydrogen (secondary N) is 1. The summed E-state index contributed by atoms with van der Waals surface area (Å²) in [5.41, 5.74) is 2.11. The summed E-state index contributed by atoms with van der Waals surface area (Å²) in [6.07, 6.45) is 6.09. The lowest BCUT2D eigenvalue weighted by molar-refractivity contribution is 0.605. The Morgan fingerprint density at radius 1 is 1.06 bits per heavy atom. The van der Waals surface area contributed by atoms with Crippen LogP contribution in [0.1, 0.15) is 24.7 Å². The second kappa shape index (κ2) is 5.04. The Morgan fingerprint density at radius 3 is 2.39 bits per heavy atom. The molecule has 2 heterocycles. The van der Waals surface area contributed by atoms with Gasteiger partial charge in [-0.1, -0.05) is 23.7 Å². The first-order valence-corrected chi connectivity index (χ1v) is 6.52. The topological polar surface area (TPSA) is 37.8 Å². The van der Waals surface area contributed by atoms with E-state index in [2.05, 4.69) is 15.3 Å². The molecule has 1 aromatic carbocycles. The molecule has 1 N–H and O–H groups in total. The highest BCUT2D eigenvalue weighted by Gasteiger charge is 2.18. The minimum atomic E-state index is 0.323. The van der Waals surface area contributed by atoms with Crippen LogP contribution in [0.25, 0.3) is 11.1 Å². The molecule has 4 heteroatoms. The second-order valence-corrected chi connectivity index (χ2v) is 4.92. The van der Waals surface area contributed by atoms with Crippen molar-refractivity contribution >= 4 is 11.6 Å². The normalized spacial score (nSPS) is 19.1. The molecule has 1 aliphatic rings. The second-order valence-electron chi connectivity index (χ2n) is 4.49. The van der Waals surface area contributed by atoms with Gasteiger partial charge in [-0.15, -0.1) is 0 Å². The summed E-state index contributed by atoms with van der Waals surface area (Å²) in [7, 11) is 0. The molecule has 1 aliphatic heterocycles. The number of hydrogen-bond donors (Lipinski definition) is 1. The Labute approximate surface area is 111 Å². The van der Waals surface area contributed by atoms with Crippen molar-refractivity contribution in [1.29, 1.82) is 0 Å². The van der Waals surface area contributed by atoms with Gasteiger partial charge in [-0.05, 0) is 37.1 Å². The number of aromatic nitrogens is 2. The molecule has 92 valence electrons. The minimum absolute atomic E-state index is 0.323. The summed E-state index contributed by atoms with van der Waals surface area (Å²) in [5.74, 6) is 0.894. The van der Waals surface area contributed by atoms with E-state index in [0.29, 0.717) is 6.04 Å². The van der Waals surface area contributed by atoms with Gasteiger partial charge >= 0.3 is 0 Å². The van der Waals surface area contributed by atoms with Gasteiger partial charge in [0.25, 0.3) is 0 Å². The summed E-state index contributed by atoms with van der Waals surface area (Å²) in [6, 6.07) is 8.04. The number of rotatable bonds is 2. The summed E-state index contributed by atoms with van der Waals surface area (Å²) in [6.45, 7) is 1.06. The van der Waals surface area contributed by atoms with Gasteiger partial charge < -0.3 is 5.32 Å². The zero-order chi connectivity index (χ0) is 12.4. The lowest BCUT2D eigenvalue weighted by atomic mass is 10.1. The van der Waals surface area contributed by atoms with Crippen LogP contribution in [0.15, 0.2) is 36.7 Å². The van der Waals surface area contributed by atoms with Crippen LogP contribution in [-0.2, 0) is 0 Å². The maximum absolute atomic E-state index is 5.87.